The van der Waals surface area contributed by atoms with Crippen molar-refractivity contribution in [2.75, 3.05) is 4.90 Å². The molecule has 0 N–H and O–H groups in total. The first-order valence-electron chi connectivity index (χ1n) is 23.0. The summed E-state index contributed by atoms with van der Waals surface area (Å²) in [6.07, 6.45) is 6.52. The van der Waals surface area contributed by atoms with Gasteiger partial charge < -0.3 is 4.90 Å². The lowest BCUT2D eigenvalue weighted by atomic mass is 9.67. The number of anilines is 3. The standard InChI is InChI=1S/C62H51N/c1-61(2)56-30-18-17-29-52(56)53-37-33-48(40-57(53)61)63(60-50-28-16-15-23-44(50)31-35-51(60)43-21-9-4-10-22-43)49-34-38-55-54-36-32-45(42-19-7-3-8-20-42)39-58(54)62(59(55)41-49,46-24-11-5-12-25-46)47-26-13-6-14-27-47/h4-6,9-18,21-42H,3,7-8,19-20H2,1-2H3. The van der Waals surface area contributed by atoms with Gasteiger partial charge in [0.05, 0.1) is 11.1 Å². The van der Waals surface area contributed by atoms with Crippen molar-refractivity contribution in [3.8, 4) is 33.4 Å². The Morgan fingerprint density at radius 3 is 1.63 bits per heavy atom. The summed E-state index contributed by atoms with van der Waals surface area (Å²) in [5, 5.41) is 2.44. The number of rotatable bonds is 7. The maximum atomic E-state index is 2.61. The second kappa shape index (κ2) is 14.8. The predicted molar refractivity (Wildman–Crippen MR) is 265 cm³/mol. The molecule has 12 rings (SSSR count). The Morgan fingerprint density at radius 1 is 0.413 bits per heavy atom. The van der Waals surface area contributed by atoms with Crippen molar-refractivity contribution in [1.29, 1.82) is 0 Å². The van der Waals surface area contributed by atoms with Crippen molar-refractivity contribution in [2.24, 2.45) is 0 Å². The summed E-state index contributed by atoms with van der Waals surface area (Å²) in [6.45, 7) is 4.78. The first kappa shape index (κ1) is 37.8. The van der Waals surface area contributed by atoms with Gasteiger partial charge in [-0.05, 0) is 115 Å². The number of nitrogens with zero attached hydrogens (tertiary/aromatic N) is 1. The van der Waals surface area contributed by atoms with Gasteiger partial charge in [-0.15, -0.1) is 0 Å². The van der Waals surface area contributed by atoms with Gasteiger partial charge >= 0.3 is 0 Å². The topological polar surface area (TPSA) is 3.24 Å². The Morgan fingerprint density at radius 2 is 0.937 bits per heavy atom. The van der Waals surface area contributed by atoms with Crippen LogP contribution in [0.1, 0.15) is 90.8 Å². The molecular formula is C62H51N. The first-order valence-corrected chi connectivity index (χ1v) is 23.0. The second-order valence-electron chi connectivity index (χ2n) is 18.6. The molecule has 1 heteroatoms. The molecule has 1 saturated carbocycles. The lowest BCUT2D eigenvalue weighted by molar-refractivity contribution is 0.443. The molecule has 0 spiro atoms. The van der Waals surface area contributed by atoms with Crippen molar-refractivity contribution >= 4 is 27.8 Å². The SMILES string of the molecule is CC1(C)c2ccccc2-c2ccc(N(c3ccc4c(c3)C(c3ccccc3)(c3ccccc3)c3cc(C5CCCCC5)ccc3-4)c3c(-c4ccccc4)ccc4ccccc34)cc21. The molecule has 304 valence electrons. The Balaban J connectivity index is 1.16. The Bertz CT molecular complexity index is 3130. The fraction of sp³-hybridized carbons (Fsp3) is 0.161. The van der Waals surface area contributed by atoms with E-state index in [2.05, 4.69) is 225 Å². The summed E-state index contributed by atoms with van der Waals surface area (Å²) in [7, 11) is 0. The molecule has 63 heavy (non-hydrogen) atoms. The number of fused-ring (bicyclic) bond motifs is 7. The Labute approximate surface area is 372 Å². The third kappa shape index (κ3) is 5.83. The van der Waals surface area contributed by atoms with E-state index in [0.29, 0.717) is 5.92 Å². The normalized spacial score (nSPS) is 15.7. The van der Waals surface area contributed by atoms with Crippen LogP contribution >= 0.6 is 0 Å². The fourth-order valence-corrected chi connectivity index (χ4v) is 11.9. The van der Waals surface area contributed by atoms with Crippen LogP contribution in [0.5, 0.6) is 0 Å². The van der Waals surface area contributed by atoms with Crippen molar-refractivity contribution in [3.05, 3.63) is 245 Å². The summed E-state index contributed by atoms with van der Waals surface area (Å²) in [4.78, 5) is 2.58. The smallest absolute Gasteiger partial charge is 0.0714 e. The van der Waals surface area contributed by atoms with E-state index >= 15 is 0 Å². The molecule has 0 aromatic heterocycles. The van der Waals surface area contributed by atoms with Crippen LogP contribution in [-0.2, 0) is 10.8 Å². The van der Waals surface area contributed by atoms with Crippen molar-refractivity contribution in [2.45, 2.75) is 62.7 Å². The summed E-state index contributed by atoms with van der Waals surface area (Å²) < 4.78 is 0. The maximum absolute atomic E-state index is 2.61. The van der Waals surface area contributed by atoms with E-state index in [4.69, 9.17) is 0 Å². The van der Waals surface area contributed by atoms with Crippen LogP contribution in [0.4, 0.5) is 17.1 Å². The van der Waals surface area contributed by atoms with Gasteiger partial charge in [-0.2, -0.15) is 0 Å². The summed E-state index contributed by atoms with van der Waals surface area (Å²) in [5.74, 6) is 0.598. The van der Waals surface area contributed by atoms with Crippen LogP contribution in [0.3, 0.4) is 0 Å². The van der Waals surface area contributed by atoms with Crippen LogP contribution in [-0.4, -0.2) is 0 Å². The largest absolute Gasteiger partial charge is 0.309 e. The van der Waals surface area contributed by atoms with E-state index in [-0.39, 0.29) is 5.41 Å². The predicted octanol–water partition coefficient (Wildman–Crippen LogP) is 16.7. The first-order chi connectivity index (χ1) is 31.0. The van der Waals surface area contributed by atoms with Gasteiger partial charge in [0.1, 0.15) is 0 Å². The average Bonchev–Trinajstić information content (AvgIpc) is 3.77. The molecule has 3 aliphatic carbocycles. The van der Waals surface area contributed by atoms with Crippen LogP contribution in [0, 0.1) is 0 Å². The zero-order chi connectivity index (χ0) is 42.1. The molecule has 1 nitrogen and oxygen atoms in total. The third-order valence-corrected chi connectivity index (χ3v) is 14.9. The molecule has 0 saturated heterocycles. The summed E-state index contributed by atoms with van der Waals surface area (Å²) >= 11 is 0. The molecule has 0 unspecified atom stereocenters. The zero-order valence-electron chi connectivity index (χ0n) is 36.2. The van der Waals surface area contributed by atoms with E-state index in [1.54, 1.807) is 0 Å². The highest BCUT2D eigenvalue weighted by Crippen LogP contribution is 2.59. The quantitative estimate of drug-likeness (QED) is 0.155. The molecule has 0 amide bonds. The van der Waals surface area contributed by atoms with E-state index in [1.165, 1.54) is 121 Å². The lowest BCUT2D eigenvalue weighted by Gasteiger charge is -2.36. The van der Waals surface area contributed by atoms with Gasteiger partial charge in [0.25, 0.3) is 0 Å². The highest BCUT2D eigenvalue weighted by molar-refractivity contribution is 6.07. The Hall–Kier alpha value is -6.96. The zero-order valence-corrected chi connectivity index (χ0v) is 36.2. The fourth-order valence-electron chi connectivity index (χ4n) is 11.9. The molecule has 9 aromatic rings. The number of hydrogen-bond donors (Lipinski definition) is 0. The molecule has 1 fully saturated rings. The van der Waals surface area contributed by atoms with E-state index in [9.17, 15) is 0 Å². The van der Waals surface area contributed by atoms with Crippen molar-refractivity contribution in [1.82, 2.24) is 0 Å². The van der Waals surface area contributed by atoms with E-state index < -0.39 is 5.41 Å². The number of hydrogen-bond acceptors (Lipinski definition) is 1. The monoisotopic (exact) mass is 809 g/mol. The van der Waals surface area contributed by atoms with E-state index in [0.717, 1.165) is 11.4 Å². The van der Waals surface area contributed by atoms with E-state index in [1.807, 2.05) is 0 Å². The number of benzene rings is 9. The van der Waals surface area contributed by atoms with Crippen LogP contribution in [0.2, 0.25) is 0 Å². The minimum Gasteiger partial charge on any atom is -0.309 e. The second-order valence-corrected chi connectivity index (χ2v) is 18.6. The third-order valence-electron chi connectivity index (χ3n) is 14.9. The molecule has 0 radical (unpaired) electrons. The van der Waals surface area contributed by atoms with Crippen LogP contribution in [0.15, 0.2) is 206 Å². The van der Waals surface area contributed by atoms with Gasteiger partial charge in [0, 0.05) is 27.7 Å². The lowest BCUT2D eigenvalue weighted by Crippen LogP contribution is -2.29. The highest BCUT2D eigenvalue weighted by Gasteiger charge is 2.47. The molecule has 9 aromatic carbocycles. The average molecular weight is 810 g/mol. The van der Waals surface area contributed by atoms with Crippen LogP contribution < -0.4 is 4.90 Å². The molecular weight excluding hydrogens is 759 g/mol. The van der Waals surface area contributed by atoms with Crippen LogP contribution in [0.25, 0.3) is 44.2 Å². The molecule has 0 atom stereocenters. The molecule has 0 heterocycles. The summed E-state index contributed by atoms with van der Waals surface area (Å²) in [6, 6.07) is 78.3. The minimum atomic E-state index is -0.526. The van der Waals surface area contributed by atoms with Crippen molar-refractivity contribution < 1.29 is 0 Å². The van der Waals surface area contributed by atoms with Crippen molar-refractivity contribution in [3.63, 3.8) is 0 Å². The maximum Gasteiger partial charge on any atom is 0.0714 e. The highest BCUT2D eigenvalue weighted by atomic mass is 15.1. The molecule has 0 aliphatic heterocycles. The van der Waals surface area contributed by atoms with Gasteiger partial charge in [-0.25, -0.2) is 0 Å². The Kier molecular flexibility index (Phi) is 8.90. The van der Waals surface area contributed by atoms with Gasteiger partial charge in [-0.1, -0.05) is 215 Å². The minimum absolute atomic E-state index is 0.153. The summed E-state index contributed by atoms with van der Waals surface area (Å²) in [5.41, 5.74) is 20.1. The molecule has 0 bridgehead atoms. The van der Waals surface area contributed by atoms with Gasteiger partial charge in [-0.3, -0.25) is 0 Å². The molecule has 3 aliphatic rings. The van der Waals surface area contributed by atoms with Gasteiger partial charge in [0.2, 0.25) is 0 Å². The van der Waals surface area contributed by atoms with Gasteiger partial charge in [0.15, 0.2) is 0 Å².